The third-order valence-electron chi connectivity index (χ3n) is 2.94. The number of rotatable bonds is 6. The number of aromatic carboxylic acids is 1. The zero-order valence-electron chi connectivity index (χ0n) is 11.7. The molecule has 0 aliphatic carbocycles. The van der Waals surface area contributed by atoms with Crippen molar-refractivity contribution >= 4 is 21.9 Å². The van der Waals surface area contributed by atoms with E-state index in [-0.39, 0.29) is 5.56 Å². The van der Waals surface area contributed by atoms with Gasteiger partial charge in [-0.3, -0.25) is 0 Å². The van der Waals surface area contributed by atoms with E-state index in [1.165, 1.54) is 6.07 Å². The first-order valence-electron chi connectivity index (χ1n) is 6.70. The molecule has 1 aromatic carbocycles. The molecule has 0 saturated carbocycles. The van der Waals surface area contributed by atoms with Crippen LogP contribution in [-0.2, 0) is 13.0 Å². The molecule has 0 fully saturated rings. The second-order valence-corrected chi connectivity index (χ2v) is 5.47. The Hall–Kier alpha value is -1.88. The molecule has 5 heteroatoms. The maximum absolute atomic E-state index is 11.1. The second kappa shape index (κ2) is 7.22. The van der Waals surface area contributed by atoms with Crippen molar-refractivity contribution in [2.75, 3.05) is 0 Å². The fourth-order valence-corrected chi connectivity index (χ4v) is 2.31. The van der Waals surface area contributed by atoms with Crippen LogP contribution in [0.2, 0.25) is 0 Å². The molecule has 0 aliphatic heterocycles. The smallest absolute Gasteiger partial charge is 0.335 e. The number of carbonyl (C=O) groups is 1. The highest BCUT2D eigenvalue weighted by Crippen LogP contribution is 2.19. The summed E-state index contributed by atoms with van der Waals surface area (Å²) in [6.07, 6.45) is 1.63. The van der Waals surface area contributed by atoms with E-state index in [0.29, 0.717) is 12.5 Å². The molecule has 0 amide bonds. The molecule has 2 aromatic rings. The number of pyridine rings is 1. The molecule has 21 heavy (non-hydrogen) atoms. The molecule has 1 heterocycles. The molecule has 4 nitrogen and oxygen atoms in total. The lowest BCUT2D eigenvalue weighted by Crippen LogP contribution is -2.04. The van der Waals surface area contributed by atoms with Crippen LogP contribution in [0.15, 0.2) is 40.9 Å². The minimum absolute atomic E-state index is 0.204. The van der Waals surface area contributed by atoms with E-state index in [0.717, 1.165) is 28.6 Å². The first kappa shape index (κ1) is 15.5. The molecule has 0 unspecified atom stereocenters. The average molecular weight is 350 g/mol. The predicted molar refractivity (Wildman–Crippen MR) is 83.7 cm³/mol. The van der Waals surface area contributed by atoms with Crippen LogP contribution in [0.25, 0.3) is 0 Å². The Bertz CT molecular complexity index is 643. The van der Waals surface area contributed by atoms with Gasteiger partial charge < -0.3 is 9.84 Å². The topological polar surface area (TPSA) is 59.4 Å². The first-order chi connectivity index (χ1) is 10.1. The number of hydrogen-bond acceptors (Lipinski definition) is 3. The summed E-state index contributed by atoms with van der Waals surface area (Å²) >= 11 is 3.45. The molecule has 1 N–H and O–H groups in total. The van der Waals surface area contributed by atoms with E-state index >= 15 is 0 Å². The summed E-state index contributed by atoms with van der Waals surface area (Å²) in [7, 11) is 0. The summed E-state index contributed by atoms with van der Waals surface area (Å²) in [6.45, 7) is 2.36. The number of ether oxygens (including phenoxy) is 1. The van der Waals surface area contributed by atoms with Gasteiger partial charge in [-0.1, -0.05) is 47.5 Å². The number of hydrogen-bond donors (Lipinski definition) is 1. The number of aromatic nitrogens is 1. The summed E-state index contributed by atoms with van der Waals surface area (Å²) in [5.74, 6) is -0.630. The molecule has 0 spiro atoms. The van der Waals surface area contributed by atoms with Crippen molar-refractivity contribution in [1.29, 1.82) is 0 Å². The Balaban J connectivity index is 2.19. The van der Waals surface area contributed by atoms with Gasteiger partial charge in [-0.2, -0.15) is 0 Å². The van der Waals surface area contributed by atoms with E-state index in [9.17, 15) is 4.79 Å². The monoisotopic (exact) mass is 349 g/mol. The van der Waals surface area contributed by atoms with Gasteiger partial charge in [0, 0.05) is 21.8 Å². The van der Waals surface area contributed by atoms with Crippen LogP contribution in [0.1, 0.15) is 35.0 Å². The molecule has 2 rings (SSSR count). The van der Waals surface area contributed by atoms with E-state index in [1.54, 1.807) is 6.07 Å². The van der Waals surface area contributed by atoms with Gasteiger partial charge in [0.15, 0.2) is 0 Å². The summed E-state index contributed by atoms with van der Waals surface area (Å²) in [5, 5.41) is 9.14. The molecule has 110 valence electrons. The predicted octanol–water partition coefficient (Wildman–Crippen LogP) is 4.07. The minimum atomic E-state index is -0.972. The number of halogens is 1. The van der Waals surface area contributed by atoms with E-state index < -0.39 is 5.97 Å². The van der Waals surface area contributed by atoms with Gasteiger partial charge in [0.05, 0.1) is 5.56 Å². The van der Waals surface area contributed by atoms with Crippen molar-refractivity contribution in [3.8, 4) is 5.88 Å². The summed E-state index contributed by atoms with van der Waals surface area (Å²) < 4.78 is 6.60. The highest BCUT2D eigenvalue weighted by atomic mass is 79.9. The quantitative estimate of drug-likeness (QED) is 0.853. The fraction of sp³-hybridized carbons (Fsp3) is 0.250. The Labute approximate surface area is 131 Å². The number of carboxylic acid groups (broad SMARTS) is 1. The van der Waals surface area contributed by atoms with Crippen LogP contribution in [0, 0.1) is 0 Å². The van der Waals surface area contributed by atoms with Gasteiger partial charge in [-0.15, -0.1) is 0 Å². The van der Waals surface area contributed by atoms with Crippen LogP contribution in [0.5, 0.6) is 5.88 Å². The number of nitrogens with zero attached hydrogens (tertiary/aromatic N) is 1. The largest absolute Gasteiger partial charge is 0.478 e. The summed E-state index contributed by atoms with van der Waals surface area (Å²) in [4.78, 5) is 15.5. The number of benzene rings is 1. The second-order valence-electron chi connectivity index (χ2n) is 4.62. The van der Waals surface area contributed by atoms with Crippen molar-refractivity contribution in [3.63, 3.8) is 0 Å². The van der Waals surface area contributed by atoms with Gasteiger partial charge >= 0.3 is 5.97 Å². The van der Waals surface area contributed by atoms with Crippen LogP contribution in [0.4, 0.5) is 0 Å². The van der Waals surface area contributed by atoms with Crippen LogP contribution in [-0.4, -0.2) is 16.1 Å². The van der Waals surface area contributed by atoms with Gasteiger partial charge in [0.25, 0.3) is 0 Å². The molecular formula is C16H16BrNO3. The zero-order chi connectivity index (χ0) is 15.2. The molecule has 0 bridgehead atoms. The van der Waals surface area contributed by atoms with Crippen LogP contribution in [0.3, 0.4) is 0 Å². The Kier molecular flexibility index (Phi) is 5.33. The van der Waals surface area contributed by atoms with E-state index in [4.69, 9.17) is 9.84 Å². The van der Waals surface area contributed by atoms with Gasteiger partial charge in [0.1, 0.15) is 6.61 Å². The summed E-state index contributed by atoms with van der Waals surface area (Å²) in [5.41, 5.74) is 1.92. The lowest BCUT2D eigenvalue weighted by atomic mass is 10.1. The van der Waals surface area contributed by atoms with Gasteiger partial charge in [-0.05, 0) is 18.6 Å². The minimum Gasteiger partial charge on any atom is -0.478 e. The van der Waals surface area contributed by atoms with E-state index in [2.05, 4.69) is 20.9 Å². The van der Waals surface area contributed by atoms with Crippen LogP contribution >= 0.6 is 15.9 Å². The maximum Gasteiger partial charge on any atom is 0.335 e. The van der Waals surface area contributed by atoms with Gasteiger partial charge in [-0.25, -0.2) is 9.78 Å². The number of carboxylic acids is 1. The van der Waals surface area contributed by atoms with Gasteiger partial charge in [0.2, 0.25) is 5.88 Å². The first-order valence-corrected chi connectivity index (χ1v) is 7.50. The molecular weight excluding hydrogens is 334 g/mol. The Morgan fingerprint density at radius 2 is 2.10 bits per heavy atom. The Morgan fingerprint density at radius 3 is 2.76 bits per heavy atom. The van der Waals surface area contributed by atoms with Crippen molar-refractivity contribution in [2.45, 2.75) is 26.4 Å². The molecule has 1 aromatic heterocycles. The third kappa shape index (κ3) is 4.29. The van der Waals surface area contributed by atoms with E-state index in [1.807, 2.05) is 31.2 Å². The molecule has 0 atom stereocenters. The zero-order valence-corrected chi connectivity index (χ0v) is 13.3. The van der Waals surface area contributed by atoms with Crippen LogP contribution < -0.4 is 4.74 Å². The van der Waals surface area contributed by atoms with Crippen molar-refractivity contribution < 1.29 is 14.6 Å². The molecule has 0 aliphatic rings. The average Bonchev–Trinajstić information content (AvgIpc) is 2.46. The molecule has 0 saturated heterocycles. The molecule has 0 radical (unpaired) electrons. The normalized spacial score (nSPS) is 10.4. The van der Waals surface area contributed by atoms with Crippen molar-refractivity contribution in [2.24, 2.45) is 0 Å². The standard InChI is InChI=1S/C16H16BrNO3/c1-2-5-13-8-12(16(19)20)9-15(18-13)21-10-11-6-3-4-7-14(11)17/h3-4,6-9H,2,5,10H2,1H3,(H,19,20). The highest BCUT2D eigenvalue weighted by Gasteiger charge is 2.10. The lowest BCUT2D eigenvalue weighted by Gasteiger charge is -2.09. The van der Waals surface area contributed by atoms with Crippen molar-refractivity contribution in [1.82, 2.24) is 4.98 Å². The SMILES string of the molecule is CCCc1cc(C(=O)O)cc(OCc2ccccc2Br)n1. The fourth-order valence-electron chi connectivity index (χ4n) is 1.91. The summed E-state index contributed by atoms with van der Waals surface area (Å²) in [6, 6.07) is 10.8. The third-order valence-corrected chi connectivity index (χ3v) is 3.71. The lowest BCUT2D eigenvalue weighted by molar-refractivity contribution is 0.0696. The Morgan fingerprint density at radius 1 is 1.33 bits per heavy atom. The maximum atomic E-state index is 11.1. The highest BCUT2D eigenvalue weighted by molar-refractivity contribution is 9.10. The number of aryl methyl sites for hydroxylation is 1. The van der Waals surface area contributed by atoms with Crippen molar-refractivity contribution in [3.05, 3.63) is 57.7 Å².